The Morgan fingerprint density at radius 2 is 1.97 bits per heavy atom. The second-order valence-electron chi connectivity index (χ2n) is 5.82. The van der Waals surface area contributed by atoms with Gasteiger partial charge in [-0.25, -0.2) is 9.18 Å². The van der Waals surface area contributed by atoms with Crippen LogP contribution in [0.25, 0.3) is 5.57 Å². The highest BCUT2D eigenvalue weighted by Crippen LogP contribution is 2.36. The van der Waals surface area contributed by atoms with Crippen molar-refractivity contribution in [3.05, 3.63) is 52.4 Å². The van der Waals surface area contributed by atoms with Crippen molar-refractivity contribution >= 4 is 38.5 Å². The topological polar surface area (TPSA) is 126 Å². The number of oxime groups is 1. The van der Waals surface area contributed by atoms with E-state index in [2.05, 4.69) is 14.2 Å². The number of hydrogen-bond acceptors (Lipinski definition) is 9. The summed E-state index contributed by atoms with van der Waals surface area (Å²) in [4.78, 5) is 12.2. The highest BCUT2D eigenvalue weighted by atomic mass is 32.2. The second kappa shape index (κ2) is 9.99. The fraction of sp³-hybridized carbons (Fsp3) is 0.278. The molecule has 0 fully saturated rings. The van der Waals surface area contributed by atoms with E-state index < -0.39 is 40.5 Å². The number of aliphatic hydroxyl groups is 1. The summed E-state index contributed by atoms with van der Waals surface area (Å²) in [7, 11) is -4.61. The summed E-state index contributed by atoms with van der Waals surface area (Å²) in [5.41, 5.74) is 0.354. The molecule has 1 unspecified atom stereocenters. The minimum Gasteiger partial charge on any atom is -0.465 e. The fourth-order valence-electron chi connectivity index (χ4n) is 2.32. The summed E-state index contributed by atoms with van der Waals surface area (Å²) >= 11 is 0.712. The maximum atomic E-state index is 13.7. The number of rotatable bonds is 8. The number of carbonyl (C=O) groups is 1. The fourth-order valence-corrected chi connectivity index (χ4v) is 3.91. The maximum Gasteiger partial charge on any atom is 0.412 e. The van der Waals surface area contributed by atoms with E-state index in [9.17, 15) is 31.6 Å². The Balaban J connectivity index is 2.30. The number of hydrogen-bond donors (Lipinski definition) is 1. The number of carbonyl (C=O) groups excluding carboxylic acids is 1. The van der Waals surface area contributed by atoms with Gasteiger partial charge in [-0.2, -0.15) is 22.5 Å². The zero-order valence-corrected chi connectivity index (χ0v) is 17.4. The van der Waals surface area contributed by atoms with Crippen LogP contribution in [0.5, 0.6) is 0 Å². The zero-order chi connectivity index (χ0) is 23.2. The molecule has 0 radical (unpaired) electrons. The molecule has 1 aromatic rings. The third kappa shape index (κ3) is 5.27. The number of methoxy groups -OCH3 is 1. The van der Waals surface area contributed by atoms with E-state index in [1.54, 1.807) is 12.1 Å². The summed E-state index contributed by atoms with van der Waals surface area (Å²) < 4.78 is 72.6. The lowest BCUT2D eigenvalue weighted by molar-refractivity contribution is -0.0155. The van der Waals surface area contributed by atoms with Gasteiger partial charge in [0.05, 0.1) is 18.2 Å². The molecule has 1 N–H and O–H groups in total. The number of nitrogens with zero attached hydrogens (tertiary/aromatic N) is 2. The molecule has 2 rings (SSSR count). The van der Waals surface area contributed by atoms with Crippen LogP contribution in [-0.4, -0.2) is 49.7 Å². The molecule has 0 spiro atoms. The van der Waals surface area contributed by atoms with Crippen LogP contribution < -0.4 is 0 Å². The molecule has 166 valence electrons. The van der Waals surface area contributed by atoms with Gasteiger partial charge in [0.15, 0.2) is 6.17 Å². The first-order valence-electron chi connectivity index (χ1n) is 8.41. The van der Waals surface area contributed by atoms with Gasteiger partial charge in [-0.1, -0.05) is 35.1 Å². The van der Waals surface area contributed by atoms with Crippen molar-refractivity contribution in [2.75, 3.05) is 13.7 Å². The lowest BCUT2D eigenvalue weighted by Crippen LogP contribution is -2.40. The van der Waals surface area contributed by atoms with Crippen molar-refractivity contribution in [2.24, 2.45) is 5.16 Å². The lowest BCUT2D eigenvalue weighted by atomic mass is 10.00. The molecule has 0 amide bonds. The van der Waals surface area contributed by atoms with Crippen LogP contribution in [0.2, 0.25) is 0 Å². The van der Waals surface area contributed by atoms with Crippen molar-refractivity contribution in [1.82, 2.24) is 0 Å². The number of esters is 1. The zero-order valence-electron chi connectivity index (χ0n) is 15.8. The number of halogens is 3. The highest BCUT2D eigenvalue weighted by Gasteiger charge is 2.55. The third-order valence-corrected chi connectivity index (χ3v) is 6.03. The van der Waals surface area contributed by atoms with Crippen LogP contribution in [0, 0.1) is 11.3 Å². The third-order valence-electron chi connectivity index (χ3n) is 3.86. The second-order valence-corrected chi connectivity index (χ2v) is 8.49. The highest BCUT2D eigenvalue weighted by molar-refractivity contribution is 8.18. The Morgan fingerprint density at radius 3 is 2.55 bits per heavy atom. The van der Waals surface area contributed by atoms with Gasteiger partial charge in [0.1, 0.15) is 11.1 Å². The molecule has 0 aliphatic carbocycles. The molecule has 8 nitrogen and oxygen atoms in total. The first-order chi connectivity index (χ1) is 14.6. The molecule has 0 saturated carbocycles. The summed E-state index contributed by atoms with van der Waals surface area (Å²) in [5.74, 6) is -0.690. The summed E-state index contributed by atoms with van der Waals surface area (Å²) in [6.45, 7) is -0.989. The van der Waals surface area contributed by atoms with E-state index in [4.69, 9.17) is 5.11 Å². The Bertz CT molecular complexity index is 1090. The van der Waals surface area contributed by atoms with Crippen molar-refractivity contribution in [3.63, 3.8) is 0 Å². The van der Waals surface area contributed by atoms with E-state index in [-0.39, 0.29) is 26.6 Å². The number of alkyl halides is 3. The van der Waals surface area contributed by atoms with Crippen LogP contribution in [-0.2, 0) is 19.1 Å². The Hall–Kier alpha value is -2.82. The molecule has 31 heavy (non-hydrogen) atoms. The molecule has 0 bridgehead atoms. The summed E-state index contributed by atoms with van der Waals surface area (Å²) in [5, 5.41) is 16.0. The van der Waals surface area contributed by atoms with Crippen molar-refractivity contribution in [2.45, 2.75) is 17.8 Å². The van der Waals surface area contributed by atoms with Gasteiger partial charge in [-0.15, -0.1) is 0 Å². The van der Waals surface area contributed by atoms with Crippen LogP contribution in [0.1, 0.15) is 22.3 Å². The first kappa shape index (κ1) is 24.4. The average molecular weight is 476 g/mol. The number of ether oxygens (including phenoxy) is 1. The average Bonchev–Trinajstić information content (AvgIpc) is 3.21. The van der Waals surface area contributed by atoms with Gasteiger partial charge in [-0.05, 0) is 18.2 Å². The number of thioether (sulfide) groups is 1. The minimum absolute atomic E-state index is 0.0207. The maximum absolute atomic E-state index is 13.7. The van der Waals surface area contributed by atoms with Gasteiger partial charge in [0.25, 0.3) is 0 Å². The van der Waals surface area contributed by atoms with Crippen LogP contribution in [0.3, 0.4) is 0 Å². The van der Waals surface area contributed by atoms with E-state index in [0.29, 0.717) is 11.8 Å². The van der Waals surface area contributed by atoms with Crippen LogP contribution in [0.4, 0.5) is 13.2 Å². The normalized spacial score (nSPS) is 17.9. The molecule has 1 aliphatic heterocycles. The van der Waals surface area contributed by atoms with Gasteiger partial charge < -0.3 is 9.84 Å². The van der Waals surface area contributed by atoms with Crippen LogP contribution >= 0.6 is 11.8 Å². The summed E-state index contributed by atoms with van der Waals surface area (Å²) in [6, 6.07) is 7.99. The predicted molar refractivity (Wildman–Crippen MR) is 106 cm³/mol. The Labute approximate surface area is 179 Å². The molecule has 13 heteroatoms. The van der Waals surface area contributed by atoms with E-state index in [0.717, 1.165) is 0 Å². The molecule has 0 saturated heterocycles. The predicted octanol–water partition coefficient (Wildman–Crippen LogP) is 2.98. The molecule has 1 atom stereocenters. The van der Waals surface area contributed by atoms with Gasteiger partial charge >= 0.3 is 21.3 Å². The van der Waals surface area contributed by atoms with Crippen molar-refractivity contribution in [3.8, 4) is 6.07 Å². The SMILES string of the molecule is COC(=O)c1ccccc1/C(C#N)=C1C=C/C(=N/OS(=O)(=O)C(F)(F)C(F)CCO)S/1. The summed E-state index contributed by atoms with van der Waals surface area (Å²) in [6.07, 6.45) is -1.77. The number of allylic oxidation sites excluding steroid dienone is 2. The molecule has 1 heterocycles. The molecular formula is C18H15F3N2O6S2. The molecular weight excluding hydrogens is 461 g/mol. The van der Waals surface area contributed by atoms with Gasteiger partial charge in [0, 0.05) is 23.5 Å². The van der Waals surface area contributed by atoms with Crippen LogP contribution in [0.15, 0.2) is 46.5 Å². The smallest absolute Gasteiger partial charge is 0.412 e. The van der Waals surface area contributed by atoms with Gasteiger partial charge in [-0.3, -0.25) is 4.28 Å². The monoisotopic (exact) mass is 476 g/mol. The number of benzene rings is 1. The quantitative estimate of drug-likeness (QED) is 0.345. The molecule has 1 aromatic carbocycles. The first-order valence-corrected chi connectivity index (χ1v) is 10.6. The standard InChI is InChI=1S/C18H15F3N2O6S2/c1-28-17(25)12-5-3-2-4-11(12)13(10-22)14-6-7-16(30-14)23-29-31(26,27)18(20,21)15(19)8-9-24/h2-7,15,24H,8-9H2,1H3/b14-13-,23-16-. The number of nitriles is 1. The molecule has 0 aromatic heterocycles. The number of aliphatic hydroxyl groups excluding tert-OH is 1. The largest absolute Gasteiger partial charge is 0.465 e. The lowest BCUT2D eigenvalue weighted by Gasteiger charge is -2.17. The van der Waals surface area contributed by atoms with E-state index in [1.165, 1.54) is 31.4 Å². The van der Waals surface area contributed by atoms with Crippen molar-refractivity contribution in [1.29, 1.82) is 5.26 Å². The Morgan fingerprint density at radius 1 is 1.32 bits per heavy atom. The van der Waals surface area contributed by atoms with E-state index in [1.807, 2.05) is 6.07 Å². The minimum atomic E-state index is -5.78. The van der Waals surface area contributed by atoms with Gasteiger partial charge in [0.2, 0.25) is 0 Å². The van der Waals surface area contributed by atoms with Crippen molar-refractivity contribution < 1.29 is 40.5 Å². The molecule has 1 aliphatic rings. The Kier molecular flexibility index (Phi) is 7.88. The van der Waals surface area contributed by atoms with E-state index >= 15 is 0 Å².